The molecule has 2 aromatic rings. The summed E-state index contributed by atoms with van der Waals surface area (Å²) >= 11 is 2.96. The molecule has 0 amide bonds. The summed E-state index contributed by atoms with van der Waals surface area (Å²) < 4.78 is 28.0. The predicted molar refractivity (Wildman–Crippen MR) is 68.4 cm³/mol. The highest BCUT2D eigenvalue weighted by molar-refractivity contribution is 9.10. The van der Waals surface area contributed by atoms with Gasteiger partial charge in [-0.1, -0.05) is 18.2 Å². The van der Waals surface area contributed by atoms with E-state index in [1.807, 2.05) is 6.92 Å². The van der Waals surface area contributed by atoms with Gasteiger partial charge >= 0.3 is 0 Å². The molecular weight excluding hydrogens is 320 g/mol. The molecule has 1 aromatic heterocycles. The zero-order valence-electron chi connectivity index (χ0n) is 10.1. The Morgan fingerprint density at radius 1 is 1.42 bits per heavy atom. The molecule has 1 N–H and O–H groups in total. The molecule has 0 aliphatic carbocycles. The molecule has 19 heavy (non-hydrogen) atoms. The van der Waals surface area contributed by atoms with Crippen LogP contribution in [0.2, 0.25) is 0 Å². The van der Waals surface area contributed by atoms with Gasteiger partial charge in [0.25, 0.3) is 0 Å². The molecule has 4 nitrogen and oxygen atoms in total. The van der Waals surface area contributed by atoms with Crippen molar-refractivity contribution in [3.8, 4) is 0 Å². The number of halogens is 3. The van der Waals surface area contributed by atoms with E-state index in [2.05, 4.69) is 26.2 Å². The molecule has 0 spiro atoms. The highest BCUT2D eigenvalue weighted by atomic mass is 79.9. The molecule has 102 valence electrons. The second-order valence-electron chi connectivity index (χ2n) is 4.05. The second-order valence-corrected chi connectivity index (χ2v) is 4.84. The van der Waals surface area contributed by atoms with Crippen LogP contribution in [0, 0.1) is 11.6 Å². The van der Waals surface area contributed by atoms with Crippen molar-refractivity contribution in [3.63, 3.8) is 0 Å². The molecular formula is C12H12BrF2N3O. The summed E-state index contributed by atoms with van der Waals surface area (Å²) in [6.07, 6.45) is 1.11. The van der Waals surface area contributed by atoms with E-state index in [0.717, 1.165) is 12.5 Å². The molecule has 0 bridgehead atoms. The number of aromatic nitrogens is 3. The van der Waals surface area contributed by atoms with Gasteiger partial charge in [0.05, 0.1) is 16.4 Å². The predicted octanol–water partition coefficient (Wildman–Crippen LogP) is 2.81. The molecule has 0 aliphatic heterocycles. The summed E-state index contributed by atoms with van der Waals surface area (Å²) in [7, 11) is 0. The third-order valence-corrected chi connectivity index (χ3v) is 3.53. The average Bonchev–Trinajstić information content (AvgIpc) is 2.84. The van der Waals surface area contributed by atoms with E-state index in [1.165, 1.54) is 12.3 Å². The summed E-state index contributed by atoms with van der Waals surface area (Å²) in [5.41, 5.74) is 0.673. The van der Waals surface area contributed by atoms with Crippen LogP contribution in [0.4, 0.5) is 8.78 Å². The summed E-state index contributed by atoms with van der Waals surface area (Å²) in [6, 6.07) is 2.31. The van der Waals surface area contributed by atoms with Crippen molar-refractivity contribution in [1.82, 2.24) is 15.0 Å². The maximum atomic E-state index is 13.5. The SMILES string of the molecule is CCCn1nncc1C(O)c1ccc(F)c(F)c1Br. The lowest BCUT2D eigenvalue weighted by Gasteiger charge is -2.14. The van der Waals surface area contributed by atoms with E-state index in [9.17, 15) is 13.9 Å². The highest BCUT2D eigenvalue weighted by Gasteiger charge is 2.21. The van der Waals surface area contributed by atoms with Crippen LogP contribution in [0.15, 0.2) is 22.8 Å². The topological polar surface area (TPSA) is 50.9 Å². The third-order valence-electron chi connectivity index (χ3n) is 2.72. The molecule has 0 fully saturated rings. The number of nitrogens with zero attached hydrogens (tertiary/aromatic N) is 3. The number of hydrogen-bond acceptors (Lipinski definition) is 3. The number of aryl methyl sites for hydroxylation is 1. The van der Waals surface area contributed by atoms with Gasteiger partial charge in [0.2, 0.25) is 0 Å². The maximum absolute atomic E-state index is 13.5. The number of hydrogen-bond donors (Lipinski definition) is 1. The van der Waals surface area contributed by atoms with Crippen LogP contribution in [-0.4, -0.2) is 20.1 Å². The van der Waals surface area contributed by atoms with Crippen LogP contribution in [0.3, 0.4) is 0 Å². The van der Waals surface area contributed by atoms with E-state index in [0.29, 0.717) is 12.2 Å². The van der Waals surface area contributed by atoms with Crippen LogP contribution in [0.25, 0.3) is 0 Å². The summed E-state index contributed by atoms with van der Waals surface area (Å²) in [6.45, 7) is 2.55. The Morgan fingerprint density at radius 2 is 2.16 bits per heavy atom. The number of rotatable bonds is 4. The second kappa shape index (κ2) is 5.75. The van der Waals surface area contributed by atoms with E-state index >= 15 is 0 Å². The van der Waals surface area contributed by atoms with Crippen LogP contribution >= 0.6 is 15.9 Å². The molecule has 2 rings (SSSR count). The molecule has 1 aromatic carbocycles. The van der Waals surface area contributed by atoms with Crippen molar-refractivity contribution >= 4 is 15.9 Å². The fourth-order valence-electron chi connectivity index (χ4n) is 1.77. The Morgan fingerprint density at radius 3 is 2.84 bits per heavy atom. The van der Waals surface area contributed by atoms with Gasteiger partial charge in [-0.2, -0.15) is 0 Å². The van der Waals surface area contributed by atoms with E-state index < -0.39 is 17.7 Å². The van der Waals surface area contributed by atoms with Gasteiger partial charge in [-0.05, 0) is 28.4 Å². The Bertz CT molecular complexity index is 588. The van der Waals surface area contributed by atoms with Gasteiger partial charge < -0.3 is 5.11 Å². The maximum Gasteiger partial charge on any atom is 0.173 e. The van der Waals surface area contributed by atoms with Crippen molar-refractivity contribution in [2.24, 2.45) is 0 Å². The normalized spacial score (nSPS) is 12.7. The van der Waals surface area contributed by atoms with Crippen LogP contribution in [0.1, 0.15) is 30.7 Å². The lowest BCUT2D eigenvalue weighted by Crippen LogP contribution is -2.11. The minimum atomic E-state index is -1.12. The minimum Gasteiger partial charge on any atom is -0.382 e. The zero-order valence-corrected chi connectivity index (χ0v) is 11.7. The molecule has 0 saturated carbocycles. The first-order chi connectivity index (χ1) is 9.06. The Balaban J connectivity index is 2.41. The molecule has 7 heteroatoms. The monoisotopic (exact) mass is 331 g/mol. The standard InChI is InChI=1S/C12H12BrF2N3O/c1-2-5-18-9(6-16-17-18)12(19)7-3-4-8(14)11(15)10(7)13/h3-4,6,12,19H,2,5H2,1H3. The fourth-order valence-corrected chi connectivity index (χ4v) is 2.31. The van der Waals surface area contributed by atoms with Gasteiger partial charge in [-0.15, -0.1) is 5.10 Å². The van der Waals surface area contributed by atoms with Crippen LogP contribution in [-0.2, 0) is 6.54 Å². The lowest BCUT2D eigenvalue weighted by molar-refractivity contribution is 0.205. The number of benzene rings is 1. The van der Waals surface area contributed by atoms with Gasteiger partial charge in [0.1, 0.15) is 6.10 Å². The number of aliphatic hydroxyl groups excluding tert-OH is 1. The summed E-state index contributed by atoms with van der Waals surface area (Å²) in [4.78, 5) is 0. The molecule has 0 saturated heterocycles. The molecule has 0 radical (unpaired) electrons. The van der Waals surface area contributed by atoms with Crippen molar-refractivity contribution in [3.05, 3.63) is 45.7 Å². The van der Waals surface area contributed by atoms with Crippen molar-refractivity contribution in [2.75, 3.05) is 0 Å². The fraction of sp³-hybridized carbons (Fsp3) is 0.333. The minimum absolute atomic E-state index is 0.0933. The molecule has 1 heterocycles. The molecule has 1 unspecified atom stereocenters. The van der Waals surface area contributed by atoms with Gasteiger partial charge in [0.15, 0.2) is 11.6 Å². The quantitative estimate of drug-likeness (QED) is 0.876. The smallest absolute Gasteiger partial charge is 0.173 e. The van der Waals surface area contributed by atoms with Gasteiger partial charge in [-0.3, -0.25) is 0 Å². The van der Waals surface area contributed by atoms with Gasteiger partial charge in [-0.25, -0.2) is 13.5 Å². The van der Waals surface area contributed by atoms with Crippen molar-refractivity contribution in [1.29, 1.82) is 0 Å². The lowest BCUT2D eigenvalue weighted by atomic mass is 10.1. The first-order valence-electron chi connectivity index (χ1n) is 5.76. The van der Waals surface area contributed by atoms with Crippen molar-refractivity contribution < 1.29 is 13.9 Å². The first kappa shape index (κ1) is 14.1. The Labute approximate surface area is 117 Å². The van der Waals surface area contributed by atoms with Crippen LogP contribution < -0.4 is 0 Å². The van der Waals surface area contributed by atoms with E-state index in [4.69, 9.17) is 0 Å². The van der Waals surface area contributed by atoms with E-state index in [1.54, 1.807) is 4.68 Å². The Hall–Kier alpha value is -1.34. The average molecular weight is 332 g/mol. The molecule has 1 atom stereocenters. The molecule has 0 aliphatic rings. The van der Waals surface area contributed by atoms with Crippen LogP contribution in [0.5, 0.6) is 0 Å². The third kappa shape index (κ3) is 2.66. The van der Waals surface area contributed by atoms with Gasteiger partial charge in [0, 0.05) is 12.1 Å². The number of aliphatic hydroxyl groups is 1. The van der Waals surface area contributed by atoms with E-state index in [-0.39, 0.29) is 10.0 Å². The first-order valence-corrected chi connectivity index (χ1v) is 6.55. The highest BCUT2D eigenvalue weighted by Crippen LogP contribution is 2.31. The zero-order chi connectivity index (χ0) is 14.0. The summed E-state index contributed by atoms with van der Waals surface area (Å²) in [5.74, 6) is -1.99. The summed E-state index contributed by atoms with van der Waals surface area (Å²) in [5, 5.41) is 17.8. The van der Waals surface area contributed by atoms with Crippen molar-refractivity contribution in [2.45, 2.75) is 26.0 Å². The Kier molecular flexibility index (Phi) is 4.26. The largest absolute Gasteiger partial charge is 0.382 e.